The Morgan fingerprint density at radius 3 is 2.42 bits per heavy atom. The van der Waals surface area contributed by atoms with Crippen LogP contribution in [-0.4, -0.2) is 32.8 Å². The molecule has 0 N–H and O–H groups in total. The van der Waals surface area contributed by atoms with E-state index in [0.29, 0.717) is 22.7 Å². The number of benzene rings is 2. The number of aromatic nitrogens is 2. The molecule has 0 radical (unpaired) electrons. The largest absolute Gasteiger partial charge is 0.497 e. The van der Waals surface area contributed by atoms with Gasteiger partial charge in [0.2, 0.25) is 11.8 Å². The summed E-state index contributed by atoms with van der Waals surface area (Å²) in [5, 5.41) is 9.84. The molecule has 0 saturated carbocycles. The van der Waals surface area contributed by atoms with Gasteiger partial charge in [-0.05, 0) is 47.8 Å². The molecule has 31 heavy (non-hydrogen) atoms. The molecule has 8 nitrogen and oxygen atoms in total. The molecule has 0 saturated heterocycles. The number of anilines is 1. The average molecular weight is 458 g/mol. The number of ether oxygens (including phenoxy) is 2. The molecule has 0 aliphatic carbocycles. The summed E-state index contributed by atoms with van der Waals surface area (Å²) in [7, 11) is -0.805. The normalized spacial score (nSPS) is 11.3. The van der Waals surface area contributed by atoms with E-state index >= 15 is 0 Å². The van der Waals surface area contributed by atoms with Crippen molar-refractivity contribution in [3.8, 4) is 23.0 Å². The molecule has 10 heteroatoms. The van der Waals surface area contributed by atoms with E-state index in [1.165, 1.54) is 11.4 Å². The van der Waals surface area contributed by atoms with Crippen molar-refractivity contribution in [2.45, 2.75) is 10.8 Å². The second-order valence-corrected chi connectivity index (χ2v) is 9.38. The number of thiophene rings is 1. The van der Waals surface area contributed by atoms with Crippen molar-refractivity contribution < 1.29 is 22.3 Å². The smallest absolute Gasteiger partial charge is 0.274 e. The topological polar surface area (TPSA) is 94.8 Å². The first kappa shape index (κ1) is 20.9. The molecule has 0 fully saturated rings. The zero-order chi connectivity index (χ0) is 21.8. The molecule has 4 rings (SSSR count). The Balaban J connectivity index is 1.71. The minimum Gasteiger partial charge on any atom is -0.497 e. The van der Waals surface area contributed by atoms with Gasteiger partial charge < -0.3 is 13.9 Å². The monoisotopic (exact) mass is 457 g/mol. The Hall–Kier alpha value is -3.37. The fourth-order valence-corrected chi connectivity index (χ4v) is 5.47. The molecule has 0 aliphatic rings. The van der Waals surface area contributed by atoms with Crippen LogP contribution in [0.15, 0.2) is 74.7 Å². The lowest BCUT2D eigenvalue weighted by Gasteiger charge is -2.23. The summed E-state index contributed by atoms with van der Waals surface area (Å²) in [6.07, 6.45) is 0. The van der Waals surface area contributed by atoms with Gasteiger partial charge in [0.15, 0.2) is 0 Å². The lowest BCUT2D eigenvalue weighted by Crippen LogP contribution is -2.30. The Morgan fingerprint density at radius 2 is 1.74 bits per heavy atom. The van der Waals surface area contributed by atoms with Gasteiger partial charge >= 0.3 is 0 Å². The highest BCUT2D eigenvalue weighted by Gasteiger charge is 2.30. The van der Waals surface area contributed by atoms with Crippen LogP contribution in [0.1, 0.15) is 5.89 Å². The molecular formula is C21H19N3O5S2. The second kappa shape index (κ2) is 8.78. The maximum Gasteiger partial charge on any atom is 0.274 e. The van der Waals surface area contributed by atoms with E-state index < -0.39 is 10.0 Å². The summed E-state index contributed by atoms with van der Waals surface area (Å²) in [4.78, 5) is 0. The fourth-order valence-electron chi connectivity index (χ4n) is 2.94. The molecule has 160 valence electrons. The van der Waals surface area contributed by atoms with E-state index in [-0.39, 0.29) is 22.5 Å². The van der Waals surface area contributed by atoms with Crippen molar-refractivity contribution in [2.24, 2.45) is 0 Å². The second-order valence-electron chi connectivity index (χ2n) is 6.35. The Labute approximate surface area is 183 Å². The van der Waals surface area contributed by atoms with Gasteiger partial charge in [0, 0.05) is 5.56 Å². The van der Waals surface area contributed by atoms with Crippen LogP contribution in [0, 0.1) is 0 Å². The molecule has 2 heterocycles. The Bertz CT molecular complexity index is 1250. The van der Waals surface area contributed by atoms with Gasteiger partial charge in [0.25, 0.3) is 10.0 Å². The summed E-state index contributed by atoms with van der Waals surface area (Å²) in [6, 6.07) is 17.3. The van der Waals surface area contributed by atoms with Crippen LogP contribution in [-0.2, 0) is 16.6 Å². The van der Waals surface area contributed by atoms with Crippen LogP contribution in [0.2, 0.25) is 0 Å². The van der Waals surface area contributed by atoms with Crippen LogP contribution in [0.5, 0.6) is 11.5 Å². The quantitative estimate of drug-likeness (QED) is 0.391. The summed E-state index contributed by atoms with van der Waals surface area (Å²) >= 11 is 1.13. The molecule has 4 aromatic rings. The van der Waals surface area contributed by atoms with Crippen LogP contribution in [0.4, 0.5) is 5.69 Å². The van der Waals surface area contributed by atoms with E-state index in [1.54, 1.807) is 73.2 Å². The minimum atomic E-state index is -3.88. The molecule has 0 amide bonds. The number of sulfonamides is 1. The van der Waals surface area contributed by atoms with Crippen molar-refractivity contribution in [3.63, 3.8) is 0 Å². The SMILES string of the molecule is COc1ccc(-c2nnc(CN(c3ccccc3OC)S(=O)(=O)c3cccs3)o2)cc1. The molecule has 0 atom stereocenters. The van der Waals surface area contributed by atoms with Gasteiger partial charge in [-0.3, -0.25) is 4.31 Å². The fraction of sp³-hybridized carbons (Fsp3) is 0.143. The highest BCUT2D eigenvalue weighted by Crippen LogP contribution is 2.35. The zero-order valence-electron chi connectivity index (χ0n) is 16.8. The predicted molar refractivity (Wildman–Crippen MR) is 117 cm³/mol. The van der Waals surface area contributed by atoms with Crippen molar-refractivity contribution in [3.05, 3.63) is 71.9 Å². The number of methoxy groups -OCH3 is 2. The lowest BCUT2D eigenvalue weighted by atomic mass is 10.2. The number of nitrogens with zero attached hydrogens (tertiary/aromatic N) is 3. The number of rotatable bonds is 8. The summed E-state index contributed by atoms with van der Waals surface area (Å²) in [5.41, 5.74) is 1.08. The van der Waals surface area contributed by atoms with Crippen LogP contribution in [0.3, 0.4) is 0 Å². The van der Waals surface area contributed by atoms with Crippen molar-refractivity contribution in [1.82, 2.24) is 10.2 Å². The zero-order valence-corrected chi connectivity index (χ0v) is 18.4. The number of hydrogen-bond donors (Lipinski definition) is 0. The molecule has 2 aromatic heterocycles. The summed E-state index contributed by atoms with van der Waals surface area (Å²) in [5.74, 6) is 1.55. The van der Waals surface area contributed by atoms with Gasteiger partial charge in [-0.25, -0.2) is 8.42 Å². The molecule has 0 aliphatic heterocycles. The van der Waals surface area contributed by atoms with Crippen LogP contribution < -0.4 is 13.8 Å². The highest BCUT2D eigenvalue weighted by atomic mass is 32.2. The van der Waals surface area contributed by atoms with Gasteiger partial charge in [-0.1, -0.05) is 18.2 Å². The minimum absolute atomic E-state index is 0.149. The van der Waals surface area contributed by atoms with Gasteiger partial charge in [0.05, 0.1) is 19.9 Å². The first-order valence-electron chi connectivity index (χ1n) is 9.19. The maximum atomic E-state index is 13.4. The van der Waals surface area contributed by atoms with Crippen molar-refractivity contribution >= 4 is 27.0 Å². The molecule has 2 aromatic carbocycles. The van der Waals surface area contributed by atoms with Gasteiger partial charge in [-0.15, -0.1) is 21.5 Å². The van der Waals surface area contributed by atoms with Crippen molar-refractivity contribution in [2.75, 3.05) is 18.5 Å². The van der Waals surface area contributed by atoms with E-state index in [2.05, 4.69) is 10.2 Å². The first-order valence-corrected chi connectivity index (χ1v) is 11.5. The number of hydrogen-bond acceptors (Lipinski definition) is 8. The molecule has 0 bridgehead atoms. The van der Waals surface area contributed by atoms with Crippen molar-refractivity contribution in [1.29, 1.82) is 0 Å². The standard InChI is InChI=1S/C21H19N3O5S2/c1-27-16-11-9-15(10-12-16)21-23-22-19(29-21)14-24(17-6-3-4-7-18(17)28-2)31(25,26)20-8-5-13-30-20/h3-13H,14H2,1-2H3. The molecular weight excluding hydrogens is 438 g/mol. The van der Waals surface area contributed by atoms with E-state index in [1.807, 2.05) is 0 Å². The number of para-hydroxylation sites is 2. The highest BCUT2D eigenvalue weighted by molar-refractivity contribution is 7.94. The van der Waals surface area contributed by atoms with E-state index in [0.717, 1.165) is 11.3 Å². The summed E-state index contributed by atoms with van der Waals surface area (Å²) < 4.78 is 44.5. The maximum absolute atomic E-state index is 13.4. The van der Waals surface area contributed by atoms with Crippen LogP contribution in [0.25, 0.3) is 11.5 Å². The lowest BCUT2D eigenvalue weighted by molar-refractivity contribution is 0.414. The van der Waals surface area contributed by atoms with Crippen LogP contribution >= 0.6 is 11.3 Å². The van der Waals surface area contributed by atoms with E-state index in [4.69, 9.17) is 13.9 Å². The third-order valence-electron chi connectivity index (χ3n) is 4.48. The Kier molecular flexibility index (Phi) is 5.92. The Morgan fingerprint density at radius 1 is 0.968 bits per heavy atom. The average Bonchev–Trinajstić information content (AvgIpc) is 3.50. The molecule has 0 unspecified atom stereocenters. The predicted octanol–water partition coefficient (Wildman–Crippen LogP) is 4.21. The third kappa shape index (κ3) is 4.25. The molecule has 0 spiro atoms. The van der Waals surface area contributed by atoms with Gasteiger partial charge in [-0.2, -0.15) is 0 Å². The van der Waals surface area contributed by atoms with Gasteiger partial charge in [0.1, 0.15) is 22.3 Å². The summed E-state index contributed by atoms with van der Waals surface area (Å²) in [6.45, 7) is -0.149. The third-order valence-corrected chi connectivity index (χ3v) is 7.61. The first-order chi connectivity index (χ1) is 15.0. The van der Waals surface area contributed by atoms with E-state index in [9.17, 15) is 8.42 Å².